The smallest absolute Gasteiger partial charge is 0.133 e. The zero-order valence-corrected chi connectivity index (χ0v) is 12.9. The van der Waals surface area contributed by atoms with Crippen LogP contribution in [-0.4, -0.2) is 19.7 Å². The molecule has 1 saturated carbocycles. The highest BCUT2D eigenvalue weighted by Crippen LogP contribution is 2.38. The number of nitrogens with zero attached hydrogens (tertiary/aromatic N) is 4. The zero-order chi connectivity index (χ0) is 15.5. The first-order valence-corrected chi connectivity index (χ1v) is 7.99. The molecule has 1 aliphatic carbocycles. The van der Waals surface area contributed by atoms with Crippen molar-refractivity contribution in [2.24, 2.45) is 0 Å². The van der Waals surface area contributed by atoms with Gasteiger partial charge in [0.15, 0.2) is 0 Å². The molecule has 0 amide bonds. The second-order valence-corrected chi connectivity index (χ2v) is 5.95. The molecular weight excluding hydrogens is 286 g/mol. The molecular formula is C18H19N5. The topological polar surface area (TPSA) is 55.6 Å². The Kier molecular flexibility index (Phi) is 3.76. The molecule has 4 rings (SSSR count). The predicted octanol–water partition coefficient (Wildman–Crippen LogP) is 3.21. The monoisotopic (exact) mass is 305 g/mol. The van der Waals surface area contributed by atoms with Crippen LogP contribution in [0.5, 0.6) is 0 Å². The largest absolute Gasteiger partial charge is 0.366 e. The predicted molar refractivity (Wildman–Crippen MR) is 89.1 cm³/mol. The summed E-state index contributed by atoms with van der Waals surface area (Å²) < 4.78 is 1.92. The van der Waals surface area contributed by atoms with Gasteiger partial charge in [0.1, 0.15) is 11.6 Å². The maximum atomic E-state index is 4.58. The van der Waals surface area contributed by atoms with Crippen LogP contribution in [0.3, 0.4) is 0 Å². The van der Waals surface area contributed by atoms with E-state index >= 15 is 0 Å². The van der Waals surface area contributed by atoms with Gasteiger partial charge in [0.05, 0.1) is 6.54 Å². The first-order valence-electron chi connectivity index (χ1n) is 7.99. The fraction of sp³-hybridized carbons (Fsp3) is 0.278. The number of anilines is 1. The quantitative estimate of drug-likeness (QED) is 0.760. The summed E-state index contributed by atoms with van der Waals surface area (Å²) in [7, 11) is 0. The Morgan fingerprint density at radius 2 is 1.87 bits per heavy atom. The molecule has 0 radical (unpaired) electrons. The molecule has 2 aromatic heterocycles. The van der Waals surface area contributed by atoms with Crippen LogP contribution in [0.4, 0.5) is 5.82 Å². The Hall–Kier alpha value is -2.69. The lowest BCUT2D eigenvalue weighted by atomic mass is 10.1. The highest BCUT2D eigenvalue weighted by molar-refractivity contribution is 5.36. The van der Waals surface area contributed by atoms with Crippen molar-refractivity contribution < 1.29 is 0 Å². The summed E-state index contributed by atoms with van der Waals surface area (Å²) in [6.45, 7) is 1.57. The summed E-state index contributed by atoms with van der Waals surface area (Å²) in [5, 5.41) is 7.61. The van der Waals surface area contributed by atoms with Gasteiger partial charge in [-0.3, -0.25) is 4.68 Å². The number of nitrogens with one attached hydrogen (secondary N) is 1. The molecule has 1 aromatic carbocycles. The third-order valence-electron chi connectivity index (χ3n) is 4.02. The molecule has 0 unspecified atom stereocenters. The SMILES string of the molecule is c1cnn(Cc2ccc(CNc3ccnc(C4CC4)n3)cc2)c1. The Morgan fingerprint density at radius 1 is 1.04 bits per heavy atom. The van der Waals surface area contributed by atoms with Crippen LogP contribution in [0, 0.1) is 0 Å². The van der Waals surface area contributed by atoms with Crippen molar-refractivity contribution in [1.29, 1.82) is 0 Å². The second kappa shape index (κ2) is 6.20. The van der Waals surface area contributed by atoms with Crippen molar-refractivity contribution in [3.05, 3.63) is 71.9 Å². The van der Waals surface area contributed by atoms with E-state index < -0.39 is 0 Å². The van der Waals surface area contributed by atoms with E-state index in [1.165, 1.54) is 24.0 Å². The van der Waals surface area contributed by atoms with Crippen LogP contribution in [0.2, 0.25) is 0 Å². The lowest BCUT2D eigenvalue weighted by Crippen LogP contribution is -2.04. The number of aromatic nitrogens is 4. The molecule has 0 aliphatic heterocycles. The molecule has 2 heterocycles. The van der Waals surface area contributed by atoms with Gasteiger partial charge in [0.2, 0.25) is 0 Å². The van der Waals surface area contributed by atoms with Crippen molar-refractivity contribution in [1.82, 2.24) is 19.7 Å². The van der Waals surface area contributed by atoms with Crippen LogP contribution in [-0.2, 0) is 13.1 Å². The Morgan fingerprint density at radius 3 is 2.61 bits per heavy atom. The van der Waals surface area contributed by atoms with Gasteiger partial charge in [0, 0.05) is 31.1 Å². The number of rotatable bonds is 6. The van der Waals surface area contributed by atoms with Gasteiger partial charge >= 0.3 is 0 Å². The van der Waals surface area contributed by atoms with Gasteiger partial charge < -0.3 is 5.32 Å². The van der Waals surface area contributed by atoms with Gasteiger partial charge in [-0.1, -0.05) is 24.3 Å². The fourth-order valence-electron chi connectivity index (χ4n) is 2.55. The third-order valence-corrected chi connectivity index (χ3v) is 4.02. The maximum Gasteiger partial charge on any atom is 0.133 e. The summed E-state index contributed by atoms with van der Waals surface area (Å²) >= 11 is 0. The molecule has 0 bridgehead atoms. The third kappa shape index (κ3) is 3.56. The number of benzene rings is 1. The highest BCUT2D eigenvalue weighted by atomic mass is 15.3. The van der Waals surface area contributed by atoms with Gasteiger partial charge in [-0.2, -0.15) is 5.10 Å². The molecule has 0 atom stereocenters. The molecule has 23 heavy (non-hydrogen) atoms. The molecule has 1 aliphatic rings. The van der Waals surface area contributed by atoms with E-state index in [1.54, 1.807) is 6.20 Å². The molecule has 0 saturated heterocycles. The van der Waals surface area contributed by atoms with Crippen LogP contribution < -0.4 is 5.32 Å². The summed E-state index contributed by atoms with van der Waals surface area (Å²) in [6, 6.07) is 12.5. The van der Waals surface area contributed by atoms with E-state index in [0.717, 1.165) is 24.7 Å². The van der Waals surface area contributed by atoms with E-state index in [-0.39, 0.29) is 0 Å². The highest BCUT2D eigenvalue weighted by Gasteiger charge is 2.26. The summed E-state index contributed by atoms with van der Waals surface area (Å²) in [4.78, 5) is 8.93. The van der Waals surface area contributed by atoms with Crippen LogP contribution in [0.15, 0.2) is 55.0 Å². The molecule has 5 heteroatoms. The number of hydrogen-bond donors (Lipinski definition) is 1. The molecule has 1 N–H and O–H groups in total. The summed E-state index contributed by atoms with van der Waals surface area (Å²) in [5.41, 5.74) is 2.48. The minimum atomic E-state index is 0.582. The molecule has 116 valence electrons. The fourth-order valence-corrected chi connectivity index (χ4v) is 2.55. The van der Waals surface area contributed by atoms with E-state index in [1.807, 2.05) is 29.2 Å². The van der Waals surface area contributed by atoms with E-state index in [2.05, 4.69) is 44.6 Å². The normalized spacial score (nSPS) is 13.9. The average Bonchev–Trinajstić information content (AvgIpc) is 3.33. The Balaban J connectivity index is 1.36. The average molecular weight is 305 g/mol. The molecule has 3 aromatic rings. The Labute approximate surface area is 135 Å². The van der Waals surface area contributed by atoms with Crippen LogP contribution in [0.25, 0.3) is 0 Å². The van der Waals surface area contributed by atoms with Crippen molar-refractivity contribution in [2.45, 2.75) is 31.8 Å². The molecule has 0 spiro atoms. The van der Waals surface area contributed by atoms with Crippen molar-refractivity contribution >= 4 is 5.82 Å². The minimum Gasteiger partial charge on any atom is -0.366 e. The van der Waals surface area contributed by atoms with Gasteiger partial charge in [-0.05, 0) is 36.1 Å². The van der Waals surface area contributed by atoms with Crippen LogP contribution in [0.1, 0.15) is 35.7 Å². The van der Waals surface area contributed by atoms with Crippen molar-refractivity contribution in [3.8, 4) is 0 Å². The van der Waals surface area contributed by atoms with Gasteiger partial charge in [-0.25, -0.2) is 9.97 Å². The van der Waals surface area contributed by atoms with E-state index in [9.17, 15) is 0 Å². The van der Waals surface area contributed by atoms with Gasteiger partial charge in [-0.15, -0.1) is 0 Å². The number of hydrogen-bond acceptors (Lipinski definition) is 4. The standard InChI is InChI=1S/C18H19N5/c1-9-21-23(11-1)13-15-4-2-14(3-5-15)12-20-17-8-10-19-18(22-17)16-6-7-16/h1-5,8-11,16H,6-7,12-13H2,(H,19,20,22). The van der Waals surface area contributed by atoms with Gasteiger partial charge in [0.25, 0.3) is 0 Å². The first kappa shape index (κ1) is 13.9. The maximum absolute atomic E-state index is 4.58. The second-order valence-electron chi connectivity index (χ2n) is 5.95. The lowest BCUT2D eigenvalue weighted by molar-refractivity contribution is 0.686. The van der Waals surface area contributed by atoms with E-state index in [4.69, 9.17) is 0 Å². The summed E-state index contributed by atoms with van der Waals surface area (Å²) in [6.07, 6.45) is 8.07. The molecule has 1 fully saturated rings. The zero-order valence-electron chi connectivity index (χ0n) is 12.9. The van der Waals surface area contributed by atoms with Crippen molar-refractivity contribution in [2.75, 3.05) is 5.32 Å². The van der Waals surface area contributed by atoms with Crippen LogP contribution >= 0.6 is 0 Å². The minimum absolute atomic E-state index is 0.582. The first-order chi connectivity index (χ1) is 11.4. The molecule has 5 nitrogen and oxygen atoms in total. The van der Waals surface area contributed by atoms with Crippen molar-refractivity contribution in [3.63, 3.8) is 0 Å². The Bertz CT molecular complexity index is 760. The van der Waals surface area contributed by atoms with E-state index in [0.29, 0.717) is 5.92 Å². The lowest BCUT2D eigenvalue weighted by Gasteiger charge is -2.08. The summed E-state index contributed by atoms with van der Waals surface area (Å²) in [5.74, 6) is 2.46.